The fourth-order valence-electron chi connectivity index (χ4n) is 2.17. The van der Waals surface area contributed by atoms with Gasteiger partial charge in [0.15, 0.2) is 11.3 Å². The van der Waals surface area contributed by atoms with Crippen molar-refractivity contribution in [2.75, 3.05) is 7.11 Å². The van der Waals surface area contributed by atoms with E-state index in [0.717, 1.165) is 16.8 Å². The van der Waals surface area contributed by atoms with Crippen LogP contribution in [0.5, 0.6) is 11.6 Å². The summed E-state index contributed by atoms with van der Waals surface area (Å²) in [5.41, 5.74) is 2.32. The van der Waals surface area contributed by atoms with Gasteiger partial charge in [-0.15, -0.1) is 0 Å². The third-order valence-corrected chi connectivity index (χ3v) is 3.10. The first-order valence-corrected chi connectivity index (χ1v) is 7.11. The van der Waals surface area contributed by atoms with Crippen molar-refractivity contribution in [3.63, 3.8) is 0 Å². The highest BCUT2D eigenvalue weighted by atomic mass is 16.5. The Balaban J connectivity index is 2.02. The van der Waals surface area contributed by atoms with Gasteiger partial charge in [0.05, 0.1) is 18.7 Å². The maximum Gasteiger partial charge on any atom is 0.244 e. The summed E-state index contributed by atoms with van der Waals surface area (Å²) in [5.74, 6) is 1.91. The SMILES string of the molecule is COc1nc(-c2ccc(OC(C)C)cc2)nc2cccnc12. The van der Waals surface area contributed by atoms with E-state index in [1.165, 1.54) is 0 Å². The van der Waals surface area contributed by atoms with Crippen molar-refractivity contribution in [2.45, 2.75) is 20.0 Å². The van der Waals surface area contributed by atoms with Gasteiger partial charge in [0, 0.05) is 11.8 Å². The van der Waals surface area contributed by atoms with Crippen LogP contribution in [0, 0.1) is 0 Å². The fraction of sp³-hybridized carbons (Fsp3) is 0.235. The van der Waals surface area contributed by atoms with E-state index in [-0.39, 0.29) is 6.10 Å². The number of rotatable bonds is 4. The molecule has 0 aliphatic carbocycles. The normalized spacial score (nSPS) is 10.9. The number of benzene rings is 1. The summed E-state index contributed by atoms with van der Waals surface area (Å²) in [6, 6.07) is 11.4. The minimum atomic E-state index is 0.147. The van der Waals surface area contributed by atoms with Crippen molar-refractivity contribution < 1.29 is 9.47 Å². The van der Waals surface area contributed by atoms with Crippen LogP contribution in [0.4, 0.5) is 0 Å². The number of ether oxygens (including phenoxy) is 2. The zero-order valence-electron chi connectivity index (χ0n) is 12.8. The van der Waals surface area contributed by atoms with Gasteiger partial charge in [-0.1, -0.05) is 0 Å². The van der Waals surface area contributed by atoms with E-state index in [9.17, 15) is 0 Å². The molecule has 112 valence electrons. The number of aromatic nitrogens is 3. The molecular formula is C17H17N3O2. The van der Waals surface area contributed by atoms with Crippen molar-refractivity contribution >= 4 is 11.0 Å². The predicted octanol–water partition coefficient (Wildman–Crippen LogP) is 3.49. The second kappa shape index (κ2) is 5.97. The zero-order chi connectivity index (χ0) is 15.5. The Hall–Kier alpha value is -2.69. The molecule has 0 saturated carbocycles. The minimum Gasteiger partial charge on any atom is -0.491 e. The van der Waals surface area contributed by atoms with Crippen LogP contribution in [0.25, 0.3) is 22.4 Å². The first kappa shape index (κ1) is 14.3. The van der Waals surface area contributed by atoms with Gasteiger partial charge in [-0.2, -0.15) is 4.98 Å². The Morgan fingerprint density at radius 2 is 1.77 bits per heavy atom. The second-order valence-corrected chi connectivity index (χ2v) is 5.12. The monoisotopic (exact) mass is 295 g/mol. The van der Waals surface area contributed by atoms with Gasteiger partial charge in [0.2, 0.25) is 5.88 Å². The molecule has 0 spiro atoms. The number of pyridine rings is 1. The maximum absolute atomic E-state index is 5.64. The second-order valence-electron chi connectivity index (χ2n) is 5.12. The molecule has 2 heterocycles. The molecule has 3 aromatic rings. The van der Waals surface area contributed by atoms with Gasteiger partial charge in [-0.3, -0.25) is 0 Å². The van der Waals surface area contributed by atoms with Gasteiger partial charge < -0.3 is 9.47 Å². The van der Waals surface area contributed by atoms with Crippen LogP contribution >= 0.6 is 0 Å². The van der Waals surface area contributed by atoms with Gasteiger partial charge in [-0.25, -0.2) is 9.97 Å². The van der Waals surface area contributed by atoms with Crippen molar-refractivity contribution in [1.29, 1.82) is 0 Å². The molecule has 5 nitrogen and oxygen atoms in total. The summed E-state index contributed by atoms with van der Waals surface area (Å²) in [5, 5.41) is 0. The lowest BCUT2D eigenvalue weighted by atomic mass is 10.2. The Kier molecular flexibility index (Phi) is 3.87. The van der Waals surface area contributed by atoms with Crippen LogP contribution in [-0.4, -0.2) is 28.2 Å². The highest BCUT2D eigenvalue weighted by Crippen LogP contribution is 2.26. The molecule has 0 aliphatic heterocycles. The first-order chi connectivity index (χ1) is 10.7. The average molecular weight is 295 g/mol. The van der Waals surface area contributed by atoms with Gasteiger partial charge >= 0.3 is 0 Å². The molecule has 0 amide bonds. The summed E-state index contributed by atoms with van der Waals surface area (Å²) >= 11 is 0. The van der Waals surface area contributed by atoms with E-state index in [0.29, 0.717) is 17.2 Å². The third kappa shape index (κ3) is 2.83. The molecule has 0 unspecified atom stereocenters. The number of methoxy groups -OCH3 is 1. The molecule has 0 atom stereocenters. The lowest BCUT2D eigenvalue weighted by molar-refractivity contribution is 0.242. The molecular weight excluding hydrogens is 278 g/mol. The molecule has 1 aromatic carbocycles. The molecule has 22 heavy (non-hydrogen) atoms. The molecule has 2 aromatic heterocycles. The van der Waals surface area contributed by atoms with E-state index in [1.54, 1.807) is 13.3 Å². The minimum absolute atomic E-state index is 0.147. The van der Waals surface area contributed by atoms with E-state index >= 15 is 0 Å². The molecule has 0 fully saturated rings. The summed E-state index contributed by atoms with van der Waals surface area (Å²) in [7, 11) is 1.58. The fourth-order valence-corrected chi connectivity index (χ4v) is 2.17. The largest absolute Gasteiger partial charge is 0.491 e. The maximum atomic E-state index is 5.64. The van der Waals surface area contributed by atoms with E-state index in [1.807, 2.05) is 50.2 Å². The highest BCUT2D eigenvalue weighted by Gasteiger charge is 2.10. The Morgan fingerprint density at radius 1 is 1.00 bits per heavy atom. The van der Waals surface area contributed by atoms with Crippen LogP contribution < -0.4 is 9.47 Å². The molecule has 0 saturated heterocycles. The number of fused-ring (bicyclic) bond motifs is 1. The third-order valence-electron chi connectivity index (χ3n) is 3.10. The van der Waals surface area contributed by atoms with Crippen molar-refractivity contribution in [3.05, 3.63) is 42.6 Å². The van der Waals surface area contributed by atoms with Crippen molar-refractivity contribution in [3.8, 4) is 23.0 Å². The van der Waals surface area contributed by atoms with E-state index in [4.69, 9.17) is 9.47 Å². The highest BCUT2D eigenvalue weighted by molar-refractivity contribution is 5.81. The van der Waals surface area contributed by atoms with Crippen LogP contribution in [0.1, 0.15) is 13.8 Å². The average Bonchev–Trinajstić information content (AvgIpc) is 2.54. The van der Waals surface area contributed by atoms with Crippen molar-refractivity contribution in [1.82, 2.24) is 15.0 Å². The van der Waals surface area contributed by atoms with Crippen LogP contribution in [-0.2, 0) is 0 Å². The van der Waals surface area contributed by atoms with Crippen LogP contribution in [0.3, 0.4) is 0 Å². The molecule has 0 bridgehead atoms. The Morgan fingerprint density at radius 3 is 2.45 bits per heavy atom. The lowest BCUT2D eigenvalue weighted by Crippen LogP contribution is -2.05. The van der Waals surface area contributed by atoms with E-state index < -0.39 is 0 Å². The molecule has 0 radical (unpaired) electrons. The topological polar surface area (TPSA) is 57.1 Å². The number of hydrogen-bond acceptors (Lipinski definition) is 5. The number of nitrogens with zero attached hydrogens (tertiary/aromatic N) is 3. The smallest absolute Gasteiger partial charge is 0.244 e. The van der Waals surface area contributed by atoms with Crippen LogP contribution in [0.2, 0.25) is 0 Å². The molecule has 0 aliphatic rings. The molecule has 5 heteroatoms. The Bertz CT molecular complexity index is 786. The summed E-state index contributed by atoms with van der Waals surface area (Å²) in [6.45, 7) is 4.00. The summed E-state index contributed by atoms with van der Waals surface area (Å²) in [4.78, 5) is 13.3. The van der Waals surface area contributed by atoms with Gasteiger partial charge in [-0.05, 0) is 50.2 Å². The van der Waals surface area contributed by atoms with Crippen LogP contribution in [0.15, 0.2) is 42.6 Å². The summed E-state index contributed by atoms with van der Waals surface area (Å²) < 4.78 is 11.0. The number of hydrogen-bond donors (Lipinski definition) is 0. The Labute approximate surface area is 129 Å². The quantitative estimate of drug-likeness (QED) is 0.737. The summed E-state index contributed by atoms with van der Waals surface area (Å²) in [6.07, 6.45) is 1.85. The standard InChI is InChI=1S/C17H17N3O2/c1-11(2)22-13-8-6-12(7-9-13)16-19-14-5-4-10-18-15(14)17(20-16)21-3/h4-11H,1-3H3. The van der Waals surface area contributed by atoms with Crippen molar-refractivity contribution in [2.24, 2.45) is 0 Å². The van der Waals surface area contributed by atoms with E-state index in [2.05, 4.69) is 15.0 Å². The molecule has 3 rings (SSSR count). The first-order valence-electron chi connectivity index (χ1n) is 7.11. The lowest BCUT2D eigenvalue weighted by Gasteiger charge is -2.10. The van der Waals surface area contributed by atoms with Gasteiger partial charge in [0.1, 0.15) is 5.75 Å². The predicted molar refractivity (Wildman–Crippen MR) is 85.1 cm³/mol. The zero-order valence-corrected chi connectivity index (χ0v) is 12.8. The van der Waals surface area contributed by atoms with Gasteiger partial charge in [0.25, 0.3) is 0 Å². The molecule has 0 N–H and O–H groups in total.